The van der Waals surface area contributed by atoms with E-state index in [4.69, 9.17) is 4.74 Å². The number of nitrogens with zero attached hydrogens (tertiary/aromatic N) is 1. The second-order valence-corrected chi connectivity index (χ2v) is 7.50. The highest BCUT2D eigenvalue weighted by molar-refractivity contribution is 7.23. The Labute approximate surface area is 131 Å². The Morgan fingerprint density at radius 3 is 2.57 bits per heavy atom. The van der Waals surface area contributed by atoms with E-state index in [2.05, 4.69) is 23.9 Å². The smallest absolute Gasteiger partial charge is 0.407 e. The predicted molar refractivity (Wildman–Crippen MR) is 89.0 cm³/mol. The minimum absolute atomic E-state index is 0.0638. The van der Waals surface area contributed by atoms with Crippen LogP contribution in [0.1, 0.15) is 50.5 Å². The molecule has 0 aromatic carbocycles. The van der Waals surface area contributed by atoms with Crippen molar-refractivity contribution in [2.24, 2.45) is 0 Å². The van der Waals surface area contributed by atoms with Gasteiger partial charge in [0.05, 0.1) is 11.1 Å². The highest BCUT2D eigenvalue weighted by Crippen LogP contribution is 2.33. The molecule has 0 saturated heterocycles. The molecule has 0 radical (unpaired) electrons. The first-order valence-corrected chi connectivity index (χ1v) is 8.70. The van der Waals surface area contributed by atoms with E-state index in [-0.39, 0.29) is 18.2 Å². The van der Waals surface area contributed by atoms with Crippen LogP contribution < -0.4 is 10.1 Å². The third-order valence-corrected chi connectivity index (χ3v) is 5.31. The Kier molecular flexibility index (Phi) is 5.68. The van der Waals surface area contributed by atoms with Crippen LogP contribution in [0.5, 0.6) is 0 Å². The van der Waals surface area contributed by atoms with Gasteiger partial charge < -0.3 is 10.1 Å². The number of hydrogen-bond acceptors (Lipinski definition) is 4. The van der Waals surface area contributed by atoms with Crippen LogP contribution in [0.4, 0.5) is 4.79 Å². The second-order valence-electron chi connectivity index (χ2n) is 6.40. The fourth-order valence-electron chi connectivity index (χ4n) is 2.66. The van der Waals surface area contributed by atoms with Crippen LogP contribution in [0, 0.1) is 0 Å². The lowest BCUT2D eigenvalue weighted by atomic mass is 9.54. The van der Waals surface area contributed by atoms with Crippen molar-refractivity contribution in [3.63, 3.8) is 0 Å². The summed E-state index contributed by atoms with van der Waals surface area (Å²) in [6.07, 6.45) is 5.88. The summed E-state index contributed by atoms with van der Waals surface area (Å²) >= 11 is 1.85. The summed E-state index contributed by atoms with van der Waals surface area (Å²) in [7, 11) is 0. The number of rotatable bonds is 4. The molecule has 1 fully saturated rings. The fourth-order valence-corrected chi connectivity index (χ4v) is 3.75. The average molecular weight is 308 g/mol. The summed E-state index contributed by atoms with van der Waals surface area (Å²) in [6.45, 7) is 8.70. The minimum Gasteiger partial charge on any atom is -0.447 e. The van der Waals surface area contributed by atoms with Gasteiger partial charge in [-0.3, -0.25) is 4.98 Å². The third-order valence-electron chi connectivity index (χ3n) is 3.85. The number of ether oxygens (including phenoxy) is 1. The van der Waals surface area contributed by atoms with Gasteiger partial charge >= 0.3 is 6.09 Å². The van der Waals surface area contributed by atoms with E-state index in [1.165, 1.54) is 9.78 Å². The van der Waals surface area contributed by atoms with E-state index >= 15 is 0 Å². The zero-order valence-electron chi connectivity index (χ0n) is 13.4. The largest absolute Gasteiger partial charge is 0.447 e. The molecule has 6 heteroatoms. The molecule has 116 valence electrons. The number of nitrogens with one attached hydrogen (secondary N) is 1. The summed E-state index contributed by atoms with van der Waals surface area (Å²) in [5.74, 6) is 0.557. The van der Waals surface area contributed by atoms with Crippen LogP contribution in [0.25, 0.3) is 0 Å². The van der Waals surface area contributed by atoms with Gasteiger partial charge in [-0.15, -0.1) is 11.3 Å². The quantitative estimate of drug-likeness (QED) is 0.869. The molecule has 1 aromatic heterocycles. The molecular formula is C15H25BN2O2S. The summed E-state index contributed by atoms with van der Waals surface area (Å²) < 4.78 is 6.50. The standard InChI is InChI=1S/C15H25BN2O2S/c1-10(2)20-15(19)18-12-7-5-11(6-8-12)14-17-9-13(21-14)16(3)4/h9-12H,5-8H2,1-4H3,(H,18,19). The number of carbonyl (C=O) groups excluding carboxylic acids is 1. The van der Waals surface area contributed by atoms with Crippen LogP contribution in [-0.2, 0) is 4.74 Å². The molecule has 1 aliphatic rings. The first kappa shape index (κ1) is 16.3. The molecule has 0 atom stereocenters. The number of hydrogen-bond donors (Lipinski definition) is 1. The summed E-state index contributed by atoms with van der Waals surface area (Å²) in [6, 6.07) is 0.247. The van der Waals surface area contributed by atoms with E-state index in [9.17, 15) is 4.79 Å². The fraction of sp³-hybridized carbons (Fsp3) is 0.733. The first-order chi connectivity index (χ1) is 9.95. The van der Waals surface area contributed by atoms with Crippen LogP contribution in [0.15, 0.2) is 6.20 Å². The Hall–Kier alpha value is -1.04. The van der Waals surface area contributed by atoms with Gasteiger partial charge in [0.2, 0.25) is 0 Å². The predicted octanol–water partition coefficient (Wildman–Crippen LogP) is 3.27. The van der Waals surface area contributed by atoms with Crippen molar-refractivity contribution >= 4 is 28.9 Å². The zero-order chi connectivity index (χ0) is 15.4. The van der Waals surface area contributed by atoms with Gasteiger partial charge in [-0.2, -0.15) is 0 Å². The highest BCUT2D eigenvalue weighted by Gasteiger charge is 2.26. The van der Waals surface area contributed by atoms with E-state index in [1.54, 1.807) is 0 Å². The summed E-state index contributed by atoms with van der Waals surface area (Å²) in [4.78, 5) is 16.2. The molecule has 0 unspecified atom stereocenters. The molecule has 0 spiro atoms. The van der Waals surface area contributed by atoms with Crippen molar-refractivity contribution in [3.05, 3.63) is 11.2 Å². The molecule has 1 aliphatic carbocycles. The molecule has 0 bridgehead atoms. The Morgan fingerprint density at radius 1 is 1.38 bits per heavy atom. The van der Waals surface area contributed by atoms with Crippen molar-refractivity contribution in [3.8, 4) is 0 Å². The molecule has 0 aliphatic heterocycles. The first-order valence-electron chi connectivity index (χ1n) is 7.88. The number of alkyl carbamates (subject to hydrolysis) is 1. The van der Waals surface area contributed by atoms with Gasteiger partial charge in [-0.25, -0.2) is 4.79 Å². The van der Waals surface area contributed by atoms with Crippen molar-refractivity contribution in [2.45, 2.75) is 71.2 Å². The molecule has 21 heavy (non-hydrogen) atoms. The Bertz CT molecular complexity index is 468. The van der Waals surface area contributed by atoms with Crippen molar-refractivity contribution in [1.29, 1.82) is 0 Å². The van der Waals surface area contributed by atoms with Crippen molar-refractivity contribution in [1.82, 2.24) is 10.3 Å². The van der Waals surface area contributed by atoms with Crippen LogP contribution >= 0.6 is 11.3 Å². The van der Waals surface area contributed by atoms with Gasteiger partial charge in [0, 0.05) is 18.2 Å². The molecule has 1 saturated carbocycles. The summed E-state index contributed by atoms with van der Waals surface area (Å²) in [5, 5.41) is 4.23. The Morgan fingerprint density at radius 2 is 2.05 bits per heavy atom. The lowest BCUT2D eigenvalue weighted by molar-refractivity contribution is 0.109. The maximum atomic E-state index is 11.6. The maximum Gasteiger partial charge on any atom is 0.407 e. The van der Waals surface area contributed by atoms with E-state index in [0.717, 1.165) is 25.7 Å². The maximum absolute atomic E-state index is 11.6. The second kappa shape index (κ2) is 7.30. The minimum atomic E-state index is -0.287. The number of aromatic nitrogens is 1. The summed E-state index contributed by atoms with van der Waals surface area (Å²) in [5.41, 5.74) is 0. The molecule has 1 amide bonds. The molecule has 2 rings (SSSR count). The lowest BCUT2D eigenvalue weighted by Crippen LogP contribution is -2.38. The van der Waals surface area contributed by atoms with Crippen molar-refractivity contribution < 1.29 is 9.53 Å². The molecule has 1 N–H and O–H groups in total. The van der Waals surface area contributed by atoms with Crippen LogP contribution in [0.2, 0.25) is 13.6 Å². The van der Waals surface area contributed by atoms with E-state index < -0.39 is 0 Å². The number of thiazole rings is 1. The molecule has 4 nitrogen and oxygen atoms in total. The highest BCUT2D eigenvalue weighted by atomic mass is 32.1. The van der Waals surface area contributed by atoms with Crippen molar-refractivity contribution in [2.75, 3.05) is 0 Å². The van der Waals surface area contributed by atoms with Gasteiger partial charge in [0.1, 0.15) is 0 Å². The van der Waals surface area contributed by atoms with Crippen LogP contribution in [-0.4, -0.2) is 29.9 Å². The molecule has 1 aromatic rings. The molecule has 1 heterocycles. The monoisotopic (exact) mass is 308 g/mol. The normalized spacial score (nSPS) is 22.1. The van der Waals surface area contributed by atoms with Crippen LogP contribution in [0.3, 0.4) is 0 Å². The average Bonchev–Trinajstić information content (AvgIpc) is 2.88. The SMILES string of the molecule is CB(C)c1cnc(C2CCC(NC(=O)OC(C)C)CC2)s1. The number of carbonyl (C=O) groups is 1. The van der Waals surface area contributed by atoms with Gasteiger partial charge in [-0.05, 0) is 44.3 Å². The van der Waals surface area contributed by atoms with E-state index in [1.807, 2.05) is 31.4 Å². The topological polar surface area (TPSA) is 51.2 Å². The lowest BCUT2D eigenvalue weighted by Gasteiger charge is -2.28. The Balaban J connectivity index is 1.81. The van der Waals surface area contributed by atoms with Gasteiger partial charge in [0.25, 0.3) is 0 Å². The van der Waals surface area contributed by atoms with E-state index in [0.29, 0.717) is 12.6 Å². The molecular weight excluding hydrogens is 283 g/mol. The van der Waals surface area contributed by atoms with Gasteiger partial charge in [0.15, 0.2) is 6.71 Å². The zero-order valence-corrected chi connectivity index (χ0v) is 14.2. The third kappa shape index (κ3) is 4.73. The number of amides is 1. The van der Waals surface area contributed by atoms with Gasteiger partial charge in [-0.1, -0.05) is 13.6 Å².